The summed E-state index contributed by atoms with van der Waals surface area (Å²) < 4.78 is 10.9. The molecule has 0 saturated carbocycles. The van der Waals surface area contributed by atoms with Gasteiger partial charge in [-0.15, -0.1) is 0 Å². The van der Waals surface area contributed by atoms with E-state index in [-0.39, 0.29) is 5.91 Å². The van der Waals surface area contributed by atoms with Gasteiger partial charge in [0.2, 0.25) is 5.91 Å². The van der Waals surface area contributed by atoms with Crippen LogP contribution in [-0.4, -0.2) is 71.5 Å². The van der Waals surface area contributed by atoms with Gasteiger partial charge in [-0.25, -0.2) is 0 Å². The summed E-state index contributed by atoms with van der Waals surface area (Å²) in [5.74, 6) is -0.313. The van der Waals surface area contributed by atoms with Crippen molar-refractivity contribution in [3.8, 4) is 0 Å². The molecule has 0 aromatic carbocycles. The van der Waals surface area contributed by atoms with Crippen LogP contribution in [0.2, 0.25) is 0 Å². The number of carbonyl (C=O) groups excluding carboxylic acids is 1. The Morgan fingerprint density at radius 1 is 1.25 bits per heavy atom. The Kier molecular flexibility index (Phi) is 7.39. The molecule has 7 nitrogen and oxygen atoms in total. The van der Waals surface area contributed by atoms with Crippen molar-refractivity contribution in [1.82, 2.24) is 5.32 Å². The number of rotatable bonds is 7. The molecular weight excluding hydrogens is 266 g/mol. The summed E-state index contributed by atoms with van der Waals surface area (Å²) >= 11 is 0. The summed E-state index contributed by atoms with van der Waals surface area (Å²) in [6.45, 7) is 4.00. The molecule has 1 saturated heterocycles. The van der Waals surface area contributed by atoms with Crippen molar-refractivity contribution in [2.24, 2.45) is 0 Å². The summed E-state index contributed by atoms with van der Waals surface area (Å²) in [6, 6.07) is -0.712. The van der Waals surface area contributed by atoms with Crippen molar-refractivity contribution in [2.45, 2.75) is 57.1 Å². The van der Waals surface area contributed by atoms with Gasteiger partial charge in [0.05, 0.1) is 18.8 Å². The average molecular weight is 291 g/mol. The molecular formula is C13H25NO6. The molecule has 0 unspecified atom stereocenters. The third kappa shape index (κ3) is 4.68. The molecule has 1 fully saturated rings. The Morgan fingerprint density at radius 3 is 2.50 bits per heavy atom. The zero-order valence-corrected chi connectivity index (χ0v) is 12.0. The van der Waals surface area contributed by atoms with Crippen molar-refractivity contribution in [1.29, 1.82) is 0 Å². The van der Waals surface area contributed by atoms with Crippen LogP contribution in [-0.2, 0) is 14.3 Å². The molecule has 0 bridgehead atoms. The summed E-state index contributed by atoms with van der Waals surface area (Å²) in [6.07, 6.45) is -2.41. The van der Waals surface area contributed by atoms with Gasteiger partial charge < -0.3 is 30.1 Å². The predicted molar refractivity (Wildman–Crippen MR) is 71.1 cm³/mol. The van der Waals surface area contributed by atoms with E-state index >= 15 is 0 Å². The minimum atomic E-state index is -1.23. The second-order valence-electron chi connectivity index (χ2n) is 5.00. The second-order valence-corrected chi connectivity index (χ2v) is 5.00. The van der Waals surface area contributed by atoms with Crippen molar-refractivity contribution < 1.29 is 29.6 Å². The first-order valence-corrected chi connectivity index (χ1v) is 6.98. The van der Waals surface area contributed by atoms with Crippen LogP contribution in [0.15, 0.2) is 0 Å². The van der Waals surface area contributed by atoms with Crippen LogP contribution in [0, 0.1) is 0 Å². The number of carbonyl (C=O) groups is 1. The Hall–Kier alpha value is -0.730. The molecule has 0 aliphatic carbocycles. The molecule has 1 aliphatic heterocycles. The van der Waals surface area contributed by atoms with Gasteiger partial charge in [-0.05, 0) is 12.8 Å². The minimum Gasteiger partial charge on any atom is -0.394 e. The first-order chi connectivity index (χ1) is 9.51. The Morgan fingerprint density at radius 2 is 1.95 bits per heavy atom. The fourth-order valence-electron chi connectivity index (χ4n) is 2.30. The van der Waals surface area contributed by atoms with Crippen LogP contribution in [0.3, 0.4) is 0 Å². The molecule has 0 radical (unpaired) electrons. The van der Waals surface area contributed by atoms with Gasteiger partial charge in [0.25, 0.3) is 0 Å². The van der Waals surface area contributed by atoms with E-state index in [0.29, 0.717) is 19.6 Å². The maximum Gasteiger partial charge on any atom is 0.217 e. The van der Waals surface area contributed by atoms with Gasteiger partial charge in [-0.2, -0.15) is 0 Å². The third-order valence-corrected chi connectivity index (χ3v) is 3.29. The Labute approximate surface area is 118 Å². The number of hydrogen-bond donors (Lipinski definition) is 4. The van der Waals surface area contributed by atoms with Crippen molar-refractivity contribution in [3.63, 3.8) is 0 Å². The van der Waals surface area contributed by atoms with E-state index in [9.17, 15) is 15.0 Å². The lowest BCUT2D eigenvalue weighted by Gasteiger charge is -2.42. The average Bonchev–Trinajstić information content (AvgIpc) is 2.41. The molecule has 0 aromatic rings. The summed E-state index contributed by atoms with van der Waals surface area (Å²) in [4.78, 5) is 11.2. The number of ether oxygens (including phenoxy) is 2. The molecule has 4 N–H and O–H groups in total. The van der Waals surface area contributed by atoms with E-state index in [4.69, 9.17) is 14.6 Å². The van der Waals surface area contributed by atoms with Crippen molar-refractivity contribution in [2.75, 3.05) is 19.8 Å². The molecule has 1 aliphatic rings. The Bertz CT molecular complexity index is 301. The summed E-state index contributed by atoms with van der Waals surface area (Å²) in [5, 5.41) is 31.6. The van der Waals surface area contributed by atoms with Crippen LogP contribution in [0.25, 0.3) is 0 Å². The highest BCUT2D eigenvalue weighted by molar-refractivity contribution is 5.73. The summed E-state index contributed by atoms with van der Waals surface area (Å²) in [7, 11) is 0. The van der Waals surface area contributed by atoms with Crippen LogP contribution in [0.4, 0.5) is 0 Å². The standard InChI is InChI=1S/C13H25NO6/c1-3-5-19-6-4-9-11(14-8(2)16)13(18)12(17)10(7-15)20-9/h9-13,15,17-18H,3-7H2,1-2H3,(H,14,16)/t9-,10-,11+,12+,13-/m1/s1. The quantitative estimate of drug-likeness (QED) is 0.438. The van der Waals surface area contributed by atoms with E-state index in [1.165, 1.54) is 6.92 Å². The predicted octanol–water partition coefficient (Wildman–Crippen LogP) is -1.21. The fourth-order valence-corrected chi connectivity index (χ4v) is 2.30. The first-order valence-electron chi connectivity index (χ1n) is 6.98. The van der Waals surface area contributed by atoms with Crippen LogP contribution < -0.4 is 5.32 Å². The minimum absolute atomic E-state index is 0.313. The fraction of sp³-hybridized carbons (Fsp3) is 0.923. The largest absolute Gasteiger partial charge is 0.394 e. The highest BCUT2D eigenvalue weighted by Gasteiger charge is 2.44. The van der Waals surface area contributed by atoms with Crippen molar-refractivity contribution in [3.05, 3.63) is 0 Å². The Balaban J connectivity index is 2.65. The number of nitrogens with one attached hydrogen (secondary N) is 1. The molecule has 20 heavy (non-hydrogen) atoms. The lowest BCUT2D eigenvalue weighted by molar-refractivity contribution is -0.198. The van der Waals surface area contributed by atoms with E-state index in [0.717, 1.165) is 6.42 Å². The molecule has 1 rings (SSSR count). The lowest BCUT2D eigenvalue weighted by atomic mass is 9.91. The SMILES string of the molecule is CCCOCC[C@H]1O[C@H](CO)[C@H](O)[C@H](O)[C@H]1NC(C)=O. The zero-order chi connectivity index (χ0) is 15.1. The first kappa shape index (κ1) is 17.3. The normalized spacial score (nSPS) is 34.0. The van der Waals surface area contributed by atoms with E-state index in [1.807, 2.05) is 6.92 Å². The van der Waals surface area contributed by atoms with E-state index < -0.39 is 37.1 Å². The van der Waals surface area contributed by atoms with E-state index in [1.54, 1.807) is 0 Å². The molecule has 1 amide bonds. The molecule has 7 heteroatoms. The third-order valence-electron chi connectivity index (χ3n) is 3.29. The monoisotopic (exact) mass is 291 g/mol. The zero-order valence-electron chi connectivity index (χ0n) is 12.0. The summed E-state index contributed by atoms with van der Waals surface area (Å²) in [5.41, 5.74) is 0. The maximum absolute atomic E-state index is 11.2. The topological polar surface area (TPSA) is 108 Å². The van der Waals surface area contributed by atoms with Crippen LogP contribution in [0.1, 0.15) is 26.7 Å². The van der Waals surface area contributed by atoms with Crippen LogP contribution in [0.5, 0.6) is 0 Å². The maximum atomic E-state index is 11.2. The second kappa shape index (κ2) is 8.53. The van der Waals surface area contributed by atoms with Gasteiger partial charge in [0.1, 0.15) is 18.3 Å². The number of hydrogen-bond acceptors (Lipinski definition) is 6. The van der Waals surface area contributed by atoms with Gasteiger partial charge >= 0.3 is 0 Å². The number of aliphatic hydroxyl groups excluding tert-OH is 3. The highest BCUT2D eigenvalue weighted by Crippen LogP contribution is 2.23. The van der Waals surface area contributed by atoms with Gasteiger partial charge in [-0.1, -0.05) is 6.92 Å². The molecule has 118 valence electrons. The number of amides is 1. The number of aliphatic hydroxyl groups is 3. The lowest BCUT2D eigenvalue weighted by Crippen LogP contribution is -2.64. The molecule has 0 spiro atoms. The highest BCUT2D eigenvalue weighted by atomic mass is 16.5. The smallest absolute Gasteiger partial charge is 0.217 e. The van der Waals surface area contributed by atoms with Gasteiger partial charge in [0.15, 0.2) is 0 Å². The van der Waals surface area contributed by atoms with Crippen LogP contribution >= 0.6 is 0 Å². The molecule has 5 atom stereocenters. The molecule has 0 aromatic heterocycles. The van der Waals surface area contributed by atoms with E-state index in [2.05, 4.69) is 5.32 Å². The van der Waals surface area contributed by atoms with Crippen molar-refractivity contribution >= 4 is 5.91 Å². The van der Waals surface area contributed by atoms with Gasteiger partial charge in [0, 0.05) is 20.1 Å². The van der Waals surface area contributed by atoms with Gasteiger partial charge in [-0.3, -0.25) is 4.79 Å². The molecule has 1 heterocycles.